The number of hydrogen-bond acceptors (Lipinski definition) is 3. The van der Waals surface area contributed by atoms with Gasteiger partial charge in [-0.05, 0) is 30.7 Å². The molecule has 0 aromatic heterocycles. The van der Waals surface area contributed by atoms with Crippen LogP contribution < -0.4 is 11.1 Å². The molecule has 0 saturated heterocycles. The van der Waals surface area contributed by atoms with Crippen molar-refractivity contribution in [2.45, 2.75) is 13.3 Å². The van der Waals surface area contributed by atoms with Crippen molar-refractivity contribution in [2.24, 2.45) is 0 Å². The van der Waals surface area contributed by atoms with Crippen LogP contribution in [0.2, 0.25) is 0 Å². The first-order valence-electron chi connectivity index (χ1n) is 6.45. The quantitative estimate of drug-likeness (QED) is 0.648. The molecule has 2 aromatic rings. The highest BCUT2D eigenvalue weighted by atomic mass is 19.1. The summed E-state index contributed by atoms with van der Waals surface area (Å²) in [5.41, 5.74) is 8.33. The van der Waals surface area contributed by atoms with E-state index in [4.69, 9.17) is 5.73 Å². The summed E-state index contributed by atoms with van der Waals surface area (Å²) in [6.07, 6.45) is 0.289. The van der Waals surface area contributed by atoms with Crippen LogP contribution in [-0.2, 0) is 0 Å². The maximum Gasteiger partial charge on any atom is 0.164 e. The first-order chi connectivity index (χ1) is 9.58. The third kappa shape index (κ3) is 3.35. The van der Waals surface area contributed by atoms with E-state index in [-0.39, 0.29) is 18.0 Å². The van der Waals surface area contributed by atoms with E-state index in [1.807, 2.05) is 13.0 Å². The molecule has 0 saturated carbocycles. The van der Waals surface area contributed by atoms with Crippen LogP contribution in [0.1, 0.15) is 22.3 Å². The molecule has 0 aliphatic carbocycles. The number of hydrogen-bond donors (Lipinski definition) is 2. The number of aryl methyl sites for hydroxylation is 1. The second-order valence-corrected chi connectivity index (χ2v) is 4.65. The smallest absolute Gasteiger partial charge is 0.164 e. The van der Waals surface area contributed by atoms with Gasteiger partial charge in [0.25, 0.3) is 0 Å². The van der Waals surface area contributed by atoms with Crippen LogP contribution in [0.4, 0.5) is 15.8 Å². The summed E-state index contributed by atoms with van der Waals surface area (Å²) < 4.78 is 13.4. The molecule has 0 unspecified atom stereocenters. The summed E-state index contributed by atoms with van der Waals surface area (Å²) in [6, 6.07) is 11.7. The molecule has 0 fully saturated rings. The van der Waals surface area contributed by atoms with Gasteiger partial charge in [-0.15, -0.1) is 0 Å². The number of nitrogen functional groups attached to an aromatic ring is 1. The second kappa shape index (κ2) is 6.19. The number of carbonyl (C=O) groups is 1. The Morgan fingerprint density at radius 1 is 1.25 bits per heavy atom. The van der Waals surface area contributed by atoms with Crippen LogP contribution in [0.25, 0.3) is 0 Å². The Kier molecular flexibility index (Phi) is 4.35. The number of anilines is 2. The zero-order valence-corrected chi connectivity index (χ0v) is 11.3. The molecule has 0 bridgehead atoms. The van der Waals surface area contributed by atoms with Crippen molar-refractivity contribution in [1.82, 2.24) is 0 Å². The van der Waals surface area contributed by atoms with Crippen molar-refractivity contribution in [3.8, 4) is 0 Å². The molecule has 0 heterocycles. The number of ketones is 1. The topological polar surface area (TPSA) is 55.1 Å². The number of halogens is 1. The van der Waals surface area contributed by atoms with Gasteiger partial charge < -0.3 is 11.1 Å². The van der Waals surface area contributed by atoms with Gasteiger partial charge in [0.1, 0.15) is 5.82 Å². The van der Waals surface area contributed by atoms with Crippen LogP contribution in [0, 0.1) is 12.7 Å². The Morgan fingerprint density at radius 3 is 2.70 bits per heavy atom. The summed E-state index contributed by atoms with van der Waals surface area (Å²) in [6.45, 7) is 2.27. The van der Waals surface area contributed by atoms with Gasteiger partial charge in [-0.25, -0.2) is 4.39 Å². The highest BCUT2D eigenvalue weighted by molar-refractivity contribution is 5.97. The fraction of sp³-hybridized carbons (Fsp3) is 0.188. The van der Waals surface area contributed by atoms with E-state index in [2.05, 4.69) is 5.32 Å². The van der Waals surface area contributed by atoms with Crippen molar-refractivity contribution in [3.05, 3.63) is 59.4 Å². The maximum atomic E-state index is 13.4. The van der Waals surface area contributed by atoms with E-state index in [1.54, 1.807) is 30.3 Å². The molecule has 0 aliphatic heterocycles. The van der Waals surface area contributed by atoms with E-state index in [9.17, 15) is 9.18 Å². The lowest BCUT2D eigenvalue weighted by Crippen LogP contribution is -2.10. The lowest BCUT2D eigenvalue weighted by molar-refractivity contribution is 0.0986. The number of benzene rings is 2. The number of rotatable bonds is 5. The third-order valence-electron chi connectivity index (χ3n) is 3.14. The molecule has 2 rings (SSSR count). The second-order valence-electron chi connectivity index (χ2n) is 4.65. The number of para-hydroxylation sites is 1. The van der Waals surface area contributed by atoms with Gasteiger partial charge in [-0.2, -0.15) is 0 Å². The Hall–Kier alpha value is -2.36. The summed E-state index contributed by atoms with van der Waals surface area (Å²) in [5, 5.41) is 2.91. The van der Waals surface area contributed by atoms with Gasteiger partial charge in [0, 0.05) is 24.2 Å². The lowest BCUT2D eigenvalue weighted by Gasteiger charge is -2.08. The zero-order valence-electron chi connectivity index (χ0n) is 11.3. The van der Waals surface area contributed by atoms with Crippen LogP contribution >= 0.6 is 0 Å². The first kappa shape index (κ1) is 14.1. The monoisotopic (exact) mass is 272 g/mol. The molecule has 104 valence electrons. The molecule has 0 aliphatic rings. The average molecular weight is 272 g/mol. The minimum absolute atomic E-state index is 0.0134. The van der Waals surface area contributed by atoms with Gasteiger partial charge in [-0.1, -0.05) is 24.3 Å². The molecule has 4 heteroatoms. The molecule has 2 aromatic carbocycles. The highest BCUT2D eigenvalue weighted by Gasteiger charge is 2.07. The summed E-state index contributed by atoms with van der Waals surface area (Å²) in [5.74, 6) is -0.333. The van der Waals surface area contributed by atoms with Crippen molar-refractivity contribution < 1.29 is 9.18 Å². The van der Waals surface area contributed by atoms with Crippen molar-refractivity contribution in [1.29, 1.82) is 0 Å². The molecule has 0 amide bonds. The van der Waals surface area contributed by atoms with Crippen LogP contribution in [-0.4, -0.2) is 12.3 Å². The van der Waals surface area contributed by atoms with Gasteiger partial charge in [0.05, 0.1) is 5.69 Å². The molecule has 3 N–H and O–H groups in total. The van der Waals surface area contributed by atoms with E-state index in [1.165, 1.54) is 6.07 Å². The molecular formula is C16H17FN2O. The summed E-state index contributed by atoms with van der Waals surface area (Å²) >= 11 is 0. The Morgan fingerprint density at radius 2 is 2.00 bits per heavy atom. The maximum absolute atomic E-state index is 13.4. The molecule has 3 nitrogen and oxygen atoms in total. The number of nitrogens with one attached hydrogen (secondary N) is 1. The van der Waals surface area contributed by atoms with E-state index >= 15 is 0 Å². The van der Waals surface area contributed by atoms with E-state index < -0.39 is 0 Å². The number of nitrogens with two attached hydrogens (primary N) is 1. The van der Waals surface area contributed by atoms with E-state index in [0.29, 0.717) is 23.5 Å². The molecule has 20 heavy (non-hydrogen) atoms. The first-order valence-corrected chi connectivity index (χ1v) is 6.45. The average Bonchev–Trinajstić information content (AvgIpc) is 2.44. The Bertz CT molecular complexity index is 626. The standard InChI is InChI=1S/C16H17FN2O/c1-11-6-7-12(10-14(11)18)16(20)8-9-19-15-5-3-2-4-13(15)17/h2-7,10,19H,8-9,18H2,1H3. The largest absolute Gasteiger partial charge is 0.398 e. The fourth-order valence-corrected chi connectivity index (χ4v) is 1.87. The van der Waals surface area contributed by atoms with Crippen molar-refractivity contribution >= 4 is 17.2 Å². The van der Waals surface area contributed by atoms with Gasteiger partial charge in [0.2, 0.25) is 0 Å². The zero-order chi connectivity index (χ0) is 14.5. The minimum Gasteiger partial charge on any atom is -0.398 e. The van der Waals surface area contributed by atoms with Crippen LogP contribution in [0.3, 0.4) is 0 Å². The number of carbonyl (C=O) groups excluding carboxylic acids is 1. The molecule has 0 radical (unpaired) electrons. The molecule has 0 spiro atoms. The summed E-state index contributed by atoms with van der Waals surface area (Å²) in [4.78, 5) is 12.0. The van der Waals surface area contributed by atoms with Gasteiger partial charge >= 0.3 is 0 Å². The lowest BCUT2D eigenvalue weighted by atomic mass is 10.0. The van der Waals surface area contributed by atoms with Crippen LogP contribution in [0.15, 0.2) is 42.5 Å². The Balaban J connectivity index is 1.92. The summed E-state index contributed by atoms with van der Waals surface area (Å²) in [7, 11) is 0. The van der Waals surface area contributed by atoms with Gasteiger partial charge in [-0.3, -0.25) is 4.79 Å². The van der Waals surface area contributed by atoms with Gasteiger partial charge in [0.15, 0.2) is 5.78 Å². The Labute approximate surface area is 117 Å². The SMILES string of the molecule is Cc1ccc(C(=O)CCNc2ccccc2F)cc1N. The fourth-order valence-electron chi connectivity index (χ4n) is 1.87. The number of Topliss-reactive ketones (excluding diaryl/α,β-unsaturated/α-hetero) is 1. The minimum atomic E-state index is -0.320. The van der Waals surface area contributed by atoms with Crippen molar-refractivity contribution in [2.75, 3.05) is 17.6 Å². The molecule has 0 atom stereocenters. The predicted octanol–water partition coefficient (Wildman–Crippen LogP) is 3.40. The normalized spacial score (nSPS) is 10.3. The highest BCUT2D eigenvalue weighted by Crippen LogP contribution is 2.15. The predicted molar refractivity (Wildman–Crippen MR) is 79.4 cm³/mol. The van der Waals surface area contributed by atoms with E-state index in [0.717, 1.165) is 5.56 Å². The van der Waals surface area contributed by atoms with Crippen molar-refractivity contribution in [3.63, 3.8) is 0 Å². The van der Waals surface area contributed by atoms with Crippen LogP contribution in [0.5, 0.6) is 0 Å². The molecular weight excluding hydrogens is 255 g/mol. The third-order valence-corrected chi connectivity index (χ3v) is 3.14.